The summed E-state index contributed by atoms with van der Waals surface area (Å²) in [6.07, 6.45) is 6.75. The molecule has 0 radical (unpaired) electrons. The van der Waals surface area contributed by atoms with Gasteiger partial charge in [0.2, 0.25) is 11.8 Å². The number of nitrogens with zero attached hydrogens (tertiary/aromatic N) is 3. The Balaban J connectivity index is 1.29. The van der Waals surface area contributed by atoms with E-state index in [9.17, 15) is 9.59 Å². The highest BCUT2D eigenvalue weighted by Gasteiger charge is 2.38. The maximum absolute atomic E-state index is 12.3. The minimum Gasteiger partial charge on any atom is -0.492 e. The largest absolute Gasteiger partial charge is 0.492 e. The van der Waals surface area contributed by atoms with Crippen LogP contribution in [0.2, 0.25) is 0 Å². The molecule has 3 saturated heterocycles. The third-order valence-corrected chi connectivity index (χ3v) is 6.77. The Morgan fingerprint density at radius 1 is 0.931 bits per heavy atom. The highest BCUT2D eigenvalue weighted by atomic mass is 16.5. The molecule has 0 N–H and O–H groups in total. The monoisotopic (exact) mass is 399 g/mol. The molecule has 1 aromatic rings. The average Bonchev–Trinajstić information content (AvgIpc) is 3.31. The fourth-order valence-electron chi connectivity index (χ4n) is 5.05. The van der Waals surface area contributed by atoms with Crippen molar-refractivity contribution in [1.82, 2.24) is 14.7 Å². The number of amides is 2. The molecule has 3 aliphatic rings. The van der Waals surface area contributed by atoms with Crippen molar-refractivity contribution in [3.8, 4) is 5.75 Å². The summed E-state index contributed by atoms with van der Waals surface area (Å²) in [7, 11) is 1.98. The number of carbonyl (C=O) groups excluding carboxylic acids is 2. The predicted octanol–water partition coefficient (Wildman–Crippen LogP) is 2.66. The van der Waals surface area contributed by atoms with E-state index in [2.05, 4.69) is 17.0 Å². The molecule has 3 aliphatic heterocycles. The number of hydrogen-bond acceptors (Lipinski definition) is 4. The molecule has 3 fully saturated rings. The summed E-state index contributed by atoms with van der Waals surface area (Å²) in [5.74, 6) is 1.41. The Morgan fingerprint density at radius 2 is 1.72 bits per heavy atom. The van der Waals surface area contributed by atoms with Gasteiger partial charge in [-0.15, -0.1) is 0 Å². The number of likely N-dealkylation sites (N-methyl/N-ethyl adjacent to an activating group) is 1. The van der Waals surface area contributed by atoms with Gasteiger partial charge in [-0.3, -0.25) is 14.5 Å². The van der Waals surface area contributed by atoms with Crippen molar-refractivity contribution in [2.45, 2.75) is 63.6 Å². The molecule has 0 aromatic heterocycles. The van der Waals surface area contributed by atoms with Crippen LogP contribution in [0, 0.1) is 0 Å². The quantitative estimate of drug-likeness (QED) is 0.738. The van der Waals surface area contributed by atoms with Crippen LogP contribution in [0.5, 0.6) is 5.75 Å². The maximum Gasteiger partial charge on any atom is 0.222 e. The number of rotatable bonds is 6. The molecule has 0 aliphatic carbocycles. The number of benzene rings is 1. The van der Waals surface area contributed by atoms with E-state index in [1.807, 2.05) is 29.0 Å². The molecule has 6 heteroatoms. The fraction of sp³-hybridized carbons (Fsp3) is 0.652. The van der Waals surface area contributed by atoms with Gasteiger partial charge in [-0.05, 0) is 43.4 Å². The van der Waals surface area contributed by atoms with E-state index in [-0.39, 0.29) is 5.91 Å². The van der Waals surface area contributed by atoms with E-state index in [1.54, 1.807) is 0 Å². The van der Waals surface area contributed by atoms with E-state index in [1.165, 1.54) is 12.0 Å². The van der Waals surface area contributed by atoms with Crippen LogP contribution in [-0.4, -0.2) is 71.9 Å². The molecule has 3 heterocycles. The molecule has 158 valence electrons. The fourth-order valence-corrected chi connectivity index (χ4v) is 5.05. The molecule has 4 rings (SSSR count). The molecular formula is C23H33N3O3. The molecular weight excluding hydrogens is 366 g/mol. The number of ether oxygens (including phenoxy) is 1. The second kappa shape index (κ2) is 9.16. The standard InChI is InChI=1S/C23H33N3O3/c1-24-20-12-14-26(21(20)5-2-3-6-22(24)27)17-18-8-10-19(11-9-18)29-16-15-25-13-4-7-23(25)28/h8-11,20-21H,2-7,12-17H2,1H3/t20-,21+/m0/s1. The van der Waals surface area contributed by atoms with Crippen LogP contribution in [0.25, 0.3) is 0 Å². The van der Waals surface area contributed by atoms with Crippen LogP contribution < -0.4 is 4.74 Å². The zero-order valence-corrected chi connectivity index (χ0v) is 17.5. The maximum atomic E-state index is 12.3. The van der Waals surface area contributed by atoms with Crippen LogP contribution in [0.4, 0.5) is 0 Å². The van der Waals surface area contributed by atoms with Crippen molar-refractivity contribution in [1.29, 1.82) is 0 Å². The van der Waals surface area contributed by atoms with Gasteiger partial charge in [-0.1, -0.05) is 18.6 Å². The normalized spacial score (nSPS) is 25.8. The van der Waals surface area contributed by atoms with Crippen LogP contribution >= 0.6 is 0 Å². The van der Waals surface area contributed by atoms with Crippen LogP contribution in [0.15, 0.2) is 24.3 Å². The van der Waals surface area contributed by atoms with Crippen molar-refractivity contribution in [2.75, 3.05) is 33.3 Å². The second-order valence-corrected chi connectivity index (χ2v) is 8.62. The minimum atomic E-state index is 0.245. The van der Waals surface area contributed by atoms with E-state index in [4.69, 9.17) is 4.74 Å². The molecule has 0 spiro atoms. The first-order valence-electron chi connectivity index (χ1n) is 11.1. The molecule has 29 heavy (non-hydrogen) atoms. The van der Waals surface area contributed by atoms with Gasteiger partial charge in [0.25, 0.3) is 0 Å². The molecule has 0 saturated carbocycles. The van der Waals surface area contributed by atoms with E-state index >= 15 is 0 Å². The first-order chi connectivity index (χ1) is 14.1. The second-order valence-electron chi connectivity index (χ2n) is 8.62. The first kappa shape index (κ1) is 20.2. The first-order valence-corrected chi connectivity index (χ1v) is 11.1. The van der Waals surface area contributed by atoms with Gasteiger partial charge < -0.3 is 14.5 Å². The van der Waals surface area contributed by atoms with Gasteiger partial charge in [0.15, 0.2) is 0 Å². The zero-order valence-electron chi connectivity index (χ0n) is 17.5. The lowest BCUT2D eigenvalue weighted by molar-refractivity contribution is -0.133. The number of hydrogen-bond donors (Lipinski definition) is 0. The zero-order chi connectivity index (χ0) is 20.2. The van der Waals surface area contributed by atoms with E-state index < -0.39 is 0 Å². The van der Waals surface area contributed by atoms with Gasteiger partial charge in [-0.2, -0.15) is 0 Å². The van der Waals surface area contributed by atoms with Crippen molar-refractivity contribution in [3.05, 3.63) is 29.8 Å². The summed E-state index contributed by atoms with van der Waals surface area (Å²) in [4.78, 5) is 30.4. The summed E-state index contributed by atoms with van der Waals surface area (Å²) < 4.78 is 5.83. The summed E-state index contributed by atoms with van der Waals surface area (Å²) in [6, 6.07) is 9.17. The lowest BCUT2D eigenvalue weighted by atomic mass is 9.97. The molecule has 0 unspecified atom stereocenters. The lowest BCUT2D eigenvalue weighted by Crippen LogP contribution is -2.46. The minimum absolute atomic E-state index is 0.245. The number of likely N-dealkylation sites (tertiary alicyclic amines) is 3. The van der Waals surface area contributed by atoms with Crippen molar-refractivity contribution in [3.63, 3.8) is 0 Å². The van der Waals surface area contributed by atoms with Crippen molar-refractivity contribution < 1.29 is 14.3 Å². The van der Waals surface area contributed by atoms with E-state index in [0.717, 1.165) is 51.1 Å². The smallest absolute Gasteiger partial charge is 0.222 e. The highest BCUT2D eigenvalue weighted by molar-refractivity contribution is 5.78. The van der Waals surface area contributed by atoms with Crippen LogP contribution in [-0.2, 0) is 16.1 Å². The van der Waals surface area contributed by atoms with Crippen molar-refractivity contribution >= 4 is 11.8 Å². The topological polar surface area (TPSA) is 53.1 Å². The Morgan fingerprint density at radius 3 is 2.48 bits per heavy atom. The van der Waals surface area contributed by atoms with Crippen LogP contribution in [0.3, 0.4) is 0 Å². The van der Waals surface area contributed by atoms with E-state index in [0.29, 0.717) is 44.0 Å². The summed E-state index contributed by atoms with van der Waals surface area (Å²) in [5, 5.41) is 0. The van der Waals surface area contributed by atoms with Gasteiger partial charge in [0, 0.05) is 51.6 Å². The summed E-state index contributed by atoms with van der Waals surface area (Å²) in [5.41, 5.74) is 1.28. The summed E-state index contributed by atoms with van der Waals surface area (Å²) >= 11 is 0. The lowest BCUT2D eigenvalue weighted by Gasteiger charge is -2.35. The average molecular weight is 400 g/mol. The van der Waals surface area contributed by atoms with Gasteiger partial charge in [0.05, 0.1) is 6.54 Å². The molecule has 6 nitrogen and oxygen atoms in total. The van der Waals surface area contributed by atoms with Crippen molar-refractivity contribution in [2.24, 2.45) is 0 Å². The highest BCUT2D eigenvalue weighted by Crippen LogP contribution is 2.30. The predicted molar refractivity (Wildman–Crippen MR) is 112 cm³/mol. The molecule has 0 bridgehead atoms. The van der Waals surface area contributed by atoms with Crippen LogP contribution in [0.1, 0.15) is 50.5 Å². The summed E-state index contributed by atoms with van der Waals surface area (Å²) in [6.45, 7) is 4.05. The Bertz CT molecular complexity index is 721. The third kappa shape index (κ3) is 4.74. The van der Waals surface area contributed by atoms with Gasteiger partial charge in [-0.25, -0.2) is 0 Å². The third-order valence-electron chi connectivity index (χ3n) is 6.77. The number of carbonyl (C=O) groups is 2. The Hall–Kier alpha value is -2.08. The SMILES string of the molecule is CN1C(=O)CCCC[C@@H]2[C@@H]1CCN2Cc1ccc(OCCN2CCCC2=O)cc1. The Kier molecular flexibility index (Phi) is 6.38. The molecule has 2 amide bonds. The molecule has 2 atom stereocenters. The number of fused-ring (bicyclic) bond motifs is 1. The molecule has 1 aromatic carbocycles. The Labute approximate surface area is 173 Å². The van der Waals surface area contributed by atoms with Gasteiger partial charge >= 0.3 is 0 Å². The van der Waals surface area contributed by atoms with Gasteiger partial charge in [0.1, 0.15) is 12.4 Å².